The van der Waals surface area contributed by atoms with E-state index in [2.05, 4.69) is 80.6 Å². The summed E-state index contributed by atoms with van der Waals surface area (Å²) in [7, 11) is 0. The molecule has 0 aromatic heterocycles. The molecular weight excluding hydrogens is 360 g/mol. The Balaban J connectivity index is 1.53. The molecule has 0 aliphatic carbocycles. The monoisotopic (exact) mass is 390 g/mol. The fourth-order valence-corrected chi connectivity index (χ4v) is 4.12. The Kier molecular flexibility index (Phi) is 7.74. The average molecular weight is 391 g/mol. The van der Waals surface area contributed by atoms with Gasteiger partial charge in [-0.25, -0.2) is 0 Å². The van der Waals surface area contributed by atoms with Crippen LogP contribution in [0.5, 0.6) is 0 Å². The fourth-order valence-electron chi connectivity index (χ4n) is 3.99. The highest BCUT2D eigenvalue weighted by Gasteiger charge is 2.11. The summed E-state index contributed by atoms with van der Waals surface area (Å²) in [6.07, 6.45) is 5.87. The molecule has 28 heavy (non-hydrogen) atoms. The van der Waals surface area contributed by atoms with Crippen LogP contribution in [-0.4, -0.2) is 0 Å². The Morgan fingerprint density at radius 1 is 0.750 bits per heavy atom. The normalized spacial score (nSPS) is 13.2. The minimum atomic E-state index is 0.549. The molecule has 0 saturated heterocycles. The van der Waals surface area contributed by atoms with Gasteiger partial charge in [-0.3, -0.25) is 0 Å². The second kappa shape index (κ2) is 10.5. The first kappa shape index (κ1) is 20.7. The van der Waals surface area contributed by atoms with Crippen molar-refractivity contribution < 1.29 is 0 Å². The molecule has 1 heteroatoms. The minimum absolute atomic E-state index is 0.549. The lowest BCUT2D eigenvalue weighted by molar-refractivity contribution is 0.575. The van der Waals surface area contributed by atoms with Gasteiger partial charge in [0.15, 0.2) is 0 Å². The van der Waals surface area contributed by atoms with Crippen molar-refractivity contribution in [1.29, 1.82) is 0 Å². The third-order valence-electron chi connectivity index (χ3n) is 5.79. The zero-order chi connectivity index (χ0) is 19.8. The molecule has 0 aliphatic heterocycles. The summed E-state index contributed by atoms with van der Waals surface area (Å²) in [6, 6.07) is 28.4. The summed E-state index contributed by atoms with van der Waals surface area (Å²) in [5.74, 6) is 1.20. The molecule has 0 fully saturated rings. The Morgan fingerprint density at radius 3 is 2.04 bits per heavy atom. The maximum atomic E-state index is 5.98. The van der Waals surface area contributed by atoms with Gasteiger partial charge in [-0.1, -0.05) is 92.2 Å². The molecule has 146 valence electrons. The molecule has 0 amide bonds. The van der Waals surface area contributed by atoms with Crippen LogP contribution in [-0.2, 0) is 12.8 Å². The number of hydrogen-bond acceptors (Lipinski definition) is 0. The van der Waals surface area contributed by atoms with Crippen LogP contribution in [0.2, 0.25) is 5.02 Å². The van der Waals surface area contributed by atoms with Gasteiger partial charge < -0.3 is 0 Å². The molecule has 1 unspecified atom stereocenters. The van der Waals surface area contributed by atoms with Crippen molar-refractivity contribution in [3.05, 3.63) is 106 Å². The van der Waals surface area contributed by atoms with Gasteiger partial charge in [-0.15, -0.1) is 0 Å². The van der Waals surface area contributed by atoms with Crippen molar-refractivity contribution in [3.63, 3.8) is 0 Å². The van der Waals surface area contributed by atoms with Gasteiger partial charge in [0.25, 0.3) is 0 Å². The highest BCUT2D eigenvalue weighted by Crippen LogP contribution is 2.27. The topological polar surface area (TPSA) is 0 Å². The zero-order valence-electron chi connectivity index (χ0n) is 17.1. The summed E-state index contributed by atoms with van der Waals surface area (Å²) in [5, 5.41) is 0.817. The van der Waals surface area contributed by atoms with Crippen molar-refractivity contribution in [2.45, 2.75) is 57.8 Å². The van der Waals surface area contributed by atoms with Gasteiger partial charge in [0, 0.05) is 5.02 Å². The molecule has 0 aliphatic rings. The van der Waals surface area contributed by atoms with E-state index < -0.39 is 0 Å². The summed E-state index contributed by atoms with van der Waals surface area (Å²) < 4.78 is 0. The Labute approximate surface area is 175 Å². The first-order valence-corrected chi connectivity index (χ1v) is 10.9. The molecule has 2 atom stereocenters. The quantitative estimate of drug-likeness (QED) is 0.345. The number of benzene rings is 3. The van der Waals surface area contributed by atoms with Gasteiger partial charge in [0.2, 0.25) is 0 Å². The molecule has 3 rings (SSSR count). The Bertz CT molecular complexity index is 818. The van der Waals surface area contributed by atoms with Gasteiger partial charge in [0.05, 0.1) is 0 Å². The highest BCUT2D eigenvalue weighted by atomic mass is 35.5. The molecule has 0 N–H and O–H groups in total. The molecule has 0 heterocycles. The van der Waals surface area contributed by atoms with Crippen molar-refractivity contribution in [2.24, 2.45) is 0 Å². The predicted molar refractivity (Wildman–Crippen MR) is 122 cm³/mol. The van der Waals surface area contributed by atoms with E-state index in [0.717, 1.165) is 17.9 Å². The van der Waals surface area contributed by atoms with E-state index in [1.165, 1.54) is 41.5 Å². The maximum absolute atomic E-state index is 5.98. The van der Waals surface area contributed by atoms with Crippen LogP contribution in [0.15, 0.2) is 78.9 Å². The molecule has 3 aromatic rings. The van der Waals surface area contributed by atoms with Crippen LogP contribution >= 0.6 is 11.6 Å². The smallest absolute Gasteiger partial charge is 0.0406 e. The fraction of sp³-hybridized carbons (Fsp3) is 0.333. The first-order valence-electron chi connectivity index (χ1n) is 10.5. The van der Waals surface area contributed by atoms with Crippen LogP contribution in [0.4, 0.5) is 0 Å². The average Bonchev–Trinajstić information content (AvgIpc) is 2.74. The van der Waals surface area contributed by atoms with Crippen molar-refractivity contribution in [1.82, 2.24) is 0 Å². The lowest BCUT2D eigenvalue weighted by atomic mass is 9.88. The largest absolute Gasteiger partial charge is 0.0843 e. The summed E-state index contributed by atoms with van der Waals surface area (Å²) in [4.78, 5) is 0. The van der Waals surface area contributed by atoms with E-state index in [1.54, 1.807) is 0 Å². The van der Waals surface area contributed by atoms with Gasteiger partial charge >= 0.3 is 0 Å². The standard InChI is InChI=1S/C27H31Cl/c1-3-24(11-7-8-22-14-18-27(28)19-15-22)26-16-12-23(13-17-26)20-21(2)25-9-5-4-6-10-25/h4-6,9-10,12-19,21,24H,3,7-8,11,20H2,1-2H3/t21-,24?/m0/s1. The summed E-state index contributed by atoms with van der Waals surface area (Å²) in [5.41, 5.74) is 5.70. The van der Waals surface area contributed by atoms with Gasteiger partial charge in [0.1, 0.15) is 0 Å². The molecule has 0 nitrogen and oxygen atoms in total. The SMILES string of the molecule is CCC(CCCc1ccc(Cl)cc1)c1ccc(C[C@H](C)c2ccccc2)cc1. The molecule has 0 saturated carbocycles. The second-order valence-corrected chi connectivity index (χ2v) is 8.32. The van der Waals surface area contributed by atoms with Crippen LogP contribution in [0.1, 0.15) is 67.2 Å². The van der Waals surface area contributed by atoms with Crippen molar-refractivity contribution in [2.75, 3.05) is 0 Å². The Morgan fingerprint density at radius 2 is 1.39 bits per heavy atom. The Hall–Kier alpha value is -2.05. The highest BCUT2D eigenvalue weighted by molar-refractivity contribution is 6.30. The van der Waals surface area contributed by atoms with Crippen LogP contribution in [0.25, 0.3) is 0 Å². The third-order valence-corrected chi connectivity index (χ3v) is 6.04. The van der Waals surface area contributed by atoms with Crippen LogP contribution in [0.3, 0.4) is 0 Å². The molecule has 0 radical (unpaired) electrons. The number of rotatable bonds is 9. The van der Waals surface area contributed by atoms with E-state index in [9.17, 15) is 0 Å². The molecule has 0 spiro atoms. The van der Waals surface area contributed by atoms with E-state index in [0.29, 0.717) is 11.8 Å². The van der Waals surface area contributed by atoms with Gasteiger partial charge in [-0.05, 0) is 78.3 Å². The van der Waals surface area contributed by atoms with E-state index in [4.69, 9.17) is 11.6 Å². The lowest BCUT2D eigenvalue weighted by Gasteiger charge is -2.17. The zero-order valence-corrected chi connectivity index (χ0v) is 17.8. The molecule has 3 aromatic carbocycles. The third kappa shape index (κ3) is 5.97. The number of halogens is 1. The molecular formula is C27H31Cl. The number of aryl methyl sites for hydroxylation is 1. The predicted octanol–water partition coefficient (Wildman–Crippen LogP) is 8.20. The summed E-state index contributed by atoms with van der Waals surface area (Å²) >= 11 is 5.98. The minimum Gasteiger partial charge on any atom is -0.0843 e. The number of hydrogen-bond donors (Lipinski definition) is 0. The lowest BCUT2D eigenvalue weighted by Crippen LogP contribution is -2.01. The second-order valence-electron chi connectivity index (χ2n) is 7.88. The summed E-state index contributed by atoms with van der Waals surface area (Å²) in [6.45, 7) is 4.62. The van der Waals surface area contributed by atoms with E-state index >= 15 is 0 Å². The van der Waals surface area contributed by atoms with E-state index in [-0.39, 0.29) is 0 Å². The van der Waals surface area contributed by atoms with Crippen LogP contribution < -0.4 is 0 Å². The first-order chi connectivity index (χ1) is 13.7. The van der Waals surface area contributed by atoms with Crippen molar-refractivity contribution in [3.8, 4) is 0 Å². The van der Waals surface area contributed by atoms with Gasteiger partial charge in [-0.2, -0.15) is 0 Å². The maximum Gasteiger partial charge on any atom is 0.0406 e. The van der Waals surface area contributed by atoms with Crippen molar-refractivity contribution >= 4 is 11.6 Å². The van der Waals surface area contributed by atoms with Crippen LogP contribution in [0, 0.1) is 0 Å². The molecule has 0 bridgehead atoms. The van der Waals surface area contributed by atoms with E-state index in [1.807, 2.05) is 12.1 Å².